The summed E-state index contributed by atoms with van der Waals surface area (Å²) < 4.78 is 5.59. The number of carbonyl (C=O) groups is 3. The zero-order valence-corrected chi connectivity index (χ0v) is 14.1. The number of H-pyrrole nitrogens is 1. The number of aromatic amines is 1. The highest BCUT2D eigenvalue weighted by Gasteiger charge is 2.43. The Morgan fingerprint density at radius 2 is 2.23 bits per heavy atom. The number of rotatable bonds is 4. The zero-order valence-electron chi connectivity index (χ0n) is 14.1. The number of ether oxygens (including phenoxy) is 1. The van der Waals surface area contributed by atoms with E-state index in [1.807, 2.05) is 12.1 Å². The maximum Gasteiger partial charge on any atom is 0.404 e. The van der Waals surface area contributed by atoms with Gasteiger partial charge in [-0.05, 0) is 23.8 Å². The van der Waals surface area contributed by atoms with Crippen LogP contribution in [0.2, 0.25) is 0 Å². The number of carboxylic acid groups (broad SMARTS) is 1. The van der Waals surface area contributed by atoms with E-state index in [-0.39, 0.29) is 31.0 Å². The molecule has 1 aromatic carbocycles. The standard InChI is InChI=1S/C17H18N4O5/c1-20-15(22)11-7-21(17(20)25)8-13-14(11)10-6-9(2-3-12(10)19-13)26-5-4-18-16(23)24/h2-3,6,11,18-19H,4-5,7-8H2,1H3,(H,23,24). The van der Waals surface area contributed by atoms with E-state index in [0.29, 0.717) is 18.8 Å². The Morgan fingerprint density at radius 1 is 1.42 bits per heavy atom. The lowest BCUT2D eigenvalue weighted by molar-refractivity contribution is -0.132. The summed E-state index contributed by atoms with van der Waals surface area (Å²) in [6.45, 7) is 1.21. The molecule has 3 heterocycles. The minimum Gasteiger partial charge on any atom is -0.492 e. The Balaban J connectivity index is 1.65. The van der Waals surface area contributed by atoms with Gasteiger partial charge in [0.15, 0.2) is 0 Å². The summed E-state index contributed by atoms with van der Waals surface area (Å²) in [7, 11) is 1.51. The van der Waals surface area contributed by atoms with Crippen molar-refractivity contribution in [1.82, 2.24) is 20.1 Å². The van der Waals surface area contributed by atoms with Crippen LogP contribution in [0.4, 0.5) is 9.59 Å². The molecule has 1 unspecified atom stereocenters. The van der Waals surface area contributed by atoms with Crippen LogP contribution in [0.25, 0.3) is 10.9 Å². The fraction of sp³-hybridized carbons (Fsp3) is 0.353. The highest BCUT2D eigenvalue weighted by Crippen LogP contribution is 2.39. The molecule has 0 spiro atoms. The van der Waals surface area contributed by atoms with Gasteiger partial charge < -0.3 is 25.0 Å². The normalized spacial score (nSPS) is 18.9. The first-order chi connectivity index (χ1) is 12.5. The van der Waals surface area contributed by atoms with Crippen LogP contribution in [0.15, 0.2) is 18.2 Å². The number of imide groups is 1. The van der Waals surface area contributed by atoms with Crippen LogP contribution >= 0.6 is 0 Å². The molecule has 1 aromatic heterocycles. The molecule has 26 heavy (non-hydrogen) atoms. The van der Waals surface area contributed by atoms with Gasteiger partial charge in [0, 0.05) is 30.2 Å². The van der Waals surface area contributed by atoms with E-state index in [1.54, 1.807) is 11.0 Å². The molecule has 1 fully saturated rings. The van der Waals surface area contributed by atoms with Gasteiger partial charge in [-0.25, -0.2) is 9.59 Å². The van der Waals surface area contributed by atoms with Crippen molar-refractivity contribution < 1.29 is 24.2 Å². The molecule has 0 saturated carbocycles. The number of amides is 4. The van der Waals surface area contributed by atoms with Gasteiger partial charge in [-0.3, -0.25) is 9.69 Å². The van der Waals surface area contributed by atoms with Crippen LogP contribution in [0.5, 0.6) is 5.75 Å². The first kappa shape index (κ1) is 16.2. The van der Waals surface area contributed by atoms with Crippen LogP contribution in [-0.2, 0) is 11.3 Å². The molecule has 3 N–H and O–H groups in total. The van der Waals surface area contributed by atoms with Crippen LogP contribution < -0.4 is 10.1 Å². The van der Waals surface area contributed by atoms with Crippen molar-refractivity contribution in [3.63, 3.8) is 0 Å². The van der Waals surface area contributed by atoms with Gasteiger partial charge in [0.05, 0.1) is 19.0 Å². The fourth-order valence-corrected chi connectivity index (χ4v) is 3.64. The van der Waals surface area contributed by atoms with Crippen LogP contribution in [0.3, 0.4) is 0 Å². The van der Waals surface area contributed by atoms with Crippen molar-refractivity contribution >= 4 is 28.9 Å². The van der Waals surface area contributed by atoms with Crippen molar-refractivity contribution in [2.45, 2.75) is 12.5 Å². The predicted molar refractivity (Wildman–Crippen MR) is 91.1 cm³/mol. The summed E-state index contributed by atoms with van der Waals surface area (Å²) in [5.41, 5.74) is 2.66. The Morgan fingerprint density at radius 3 is 3.00 bits per heavy atom. The SMILES string of the molecule is CN1C(=O)C2CN(Cc3[nH]c4ccc(OCCNC(=O)O)cc4c32)C1=O. The van der Waals surface area contributed by atoms with Crippen molar-refractivity contribution in [2.75, 3.05) is 26.7 Å². The minimum absolute atomic E-state index is 0.182. The van der Waals surface area contributed by atoms with E-state index in [1.165, 1.54) is 11.9 Å². The first-order valence-electron chi connectivity index (χ1n) is 8.26. The summed E-state index contributed by atoms with van der Waals surface area (Å²) in [4.78, 5) is 41.3. The monoisotopic (exact) mass is 358 g/mol. The lowest BCUT2D eigenvalue weighted by Gasteiger charge is -2.40. The van der Waals surface area contributed by atoms with E-state index < -0.39 is 6.09 Å². The average Bonchev–Trinajstić information content (AvgIpc) is 2.99. The van der Waals surface area contributed by atoms with E-state index in [4.69, 9.17) is 9.84 Å². The number of fused-ring (bicyclic) bond motifs is 6. The maximum atomic E-state index is 12.6. The molecule has 136 valence electrons. The second-order valence-electron chi connectivity index (χ2n) is 6.42. The smallest absolute Gasteiger partial charge is 0.404 e. The van der Waals surface area contributed by atoms with Gasteiger partial charge in [0.1, 0.15) is 12.4 Å². The summed E-state index contributed by atoms with van der Waals surface area (Å²) in [6.07, 6.45) is -1.09. The Kier molecular flexibility index (Phi) is 3.71. The molecule has 9 nitrogen and oxygen atoms in total. The lowest BCUT2D eigenvalue weighted by Crippen LogP contribution is -2.55. The van der Waals surface area contributed by atoms with Crippen LogP contribution in [-0.4, -0.2) is 64.7 Å². The minimum atomic E-state index is -1.09. The predicted octanol–water partition coefficient (Wildman–Crippen LogP) is 1.31. The summed E-state index contributed by atoms with van der Waals surface area (Å²) in [5, 5.41) is 11.7. The van der Waals surface area contributed by atoms with Crippen LogP contribution in [0, 0.1) is 0 Å². The quantitative estimate of drug-likeness (QED) is 0.713. The Labute approximate surface area is 148 Å². The Bertz CT molecular complexity index is 921. The number of carbonyl (C=O) groups excluding carboxylic acids is 2. The maximum absolute atomic E-state index is 12.6. The molecule has 9 heteroatoms. The summed E-state index contributed by atoms with van der Waals surface area (Å²) in [5.74, 6) is 0.00538. The van der Waals surface area contributed by atoms with Gasteiger partial charge in [0.25, 0.3) is 0 Å². The third-order valence-electron chi connectivity index (χ3n) is 4.83. The largest absolute Gasteiger partial charge is 0.492 e. The second kappa shape index (κ2) is 5.94. The molecule has 1 atom stereocenters. The van der Waals surface area contributed by atoms with Gasteiger partial charge in [-0.1, -0.05) is 0 Å². The van der Waals surface area contributed by atoms with E-state index >= 15 is 0 Å². The number of urea groups is 1. The van der Waals surface area contributed by atoms with E-state index in [0.717, 1.165) is 22.2 Å². The van der Waals surface area contributed by atoms with Gasteiger partial charge in [-0.15, -0.1) is 0 Å². The van der Waals surface area contributed by atoms with Crippen LogP contribution in [0.1, 0.15) is 17.2 Å². The second-order valence-corrected chi connectivity index (χ2v) is 6.42. The molecule has 2 bridgehead atoms. The highest BCUT2D eigenvalue weighted by molar-refractivity contribution is 6.03. The number of hydrogen-bond acceptors (Lipinski definition) is 4. The number of nitrogens with one attached hydrogen (secondary N) is 2. The van der Waals surface area contributed by atoms with Gasteiger partial charge >= 0.3 is 12.1 Å². The number of aromatic nitrogens is 1. The number of benzene rings is 1. The summed E-state index contributed by atoms with van der Waals surface area (Å²) >= 11 is 0. The van der Waals surface area contributed by atoms with Crippen molar-refractivity contribution in [3.05, 3.63) is 29.5 Å². The lowest BCUT2D eigenvalue weighted by atomic mass is 9.89. The molecule has 4 amide bonds. The van der Waals surface area contributed by atoms with Gasteiger partial charge in [0.2, 0.25) is 5.91 Å². The fourth-order valence-electron chi connectivity index (χ4n) is 3.64. The van der Waals surface area contributed by atoms with Crippen molar-refractivity contribution in [2.24, 2.45) is 0 Å². The molecular weight excluding hydrogens is 340 g/mol. The van der Waals surface area contributed by atoms with E-state index in [2.05, 4.69) is 10.3 Å². The molecule has 0 aliphatic carbocycles. The van der Waals surface area contributed by atoms with E-state index in [9.17, 15) is 14.4 Å². The van der Waals surface area contributed by atoms with Gasteiger partial charge in [-0.2, -0.15) is 0 Å². The van der Waals surface area contributed by atoms with Crippen molar-refractivity contribution in [1.29, 1.82) is 0 Å². The molecule has 2 aliphatic rings. The third-order valence-corrected chi connectivity index (χ3v) is 4.83. The average molecular weight is 358 g/mol. The third kappa shape index (κ3) is 2.52. The Hall–Kier alpha value is -3.23. The molecular formula is C17H18N4O5. The molecule has 2 aromatic rings. The topological polar surface area (TPSA) is 115 Å². The zero-order chi connectivity index (χ0) is 18.4. The number of hydrogen-bond donors (Lipinski definition) is 3. The van der Waals surface area contributed by atoms with Crippen molar-refractivity contribution in [3.8, 4) is 5.75 Å². The highest BCUT2D eigenvalue weighted by atomic mass is 16.5. The molecule has 1 saturated heterocycles. The number of nitrogens with zero attached hydrogens (tertiary/aromatic N) is 2. The number of likely N-dealkylation sites (N-methyl/N-ethyl adjacent to an activating group) is 1. The molecule has 2 aliphatic heterocycles. The molecule has 4 rings (SSSR count). The summed E-state index contributed by atoms with van der Waals surface area (Å²) in [6, 6.07) is 5.23. The molecule has 0 radical (unpaired) electrons. The first-order valence-corrected chi connectivity index (χ1v) is 8.26.